The summed E-state index contributed by atoms with van der Waals surface area (Å²) in [6, 6.07) is 19.4. The molecule has 11 nitrogen and oxygen atoms in total. The van der Waals surface area contributed by atoms with E-state index in [0.717, 1.165) is 73.5 Å². The number of carboxylic acid groups (broad SMARTS) is 2. The molecule has 0 spiro atoms. The number of benzene rings is 3. The highest BCUT2D eigenvalue weighted by Gasteiger charge is 2.20. The van der Waals surface area contributed by atoms with Crippen LogP contribution in [0.15, 0.2) is 77.7 Å². The number of aliphatic carboxylic acids is 2. The first-order valence-corrected chi connectivity index (χ1v) is 15.4. The highest BCUT2D eigenvalue weighted by atomic mass is 32.2. The average molecular weight is 613 g/mol. The van der Waals surface area contributed by atoms with Gasteiger partial charge in [0.15, 0.2) is 0 Å². The molecule has 0 aromatic heterocycles. The number of methoxy groups -OCH3 is 1. The molecular weight excluding hydrogens is 572 g/mol. The van der Waals surface area contributed by atoms with Crippen molar-refractivity contribution < 1.29 is 33.0 Å². The number of hydrogen-bond donors (Lipinski definition) is 3. The normalized spacial score (nSPS) is 13.9. The van der Waals surface area contributed by atoms with Crippen molar-refractivity contribution in [2.24, 2.45) is 0 Å². The zero-order valence-corrected chi connectivity index (χ0v) is 25.6. The van der Waals surface area contributed by atoms with Crippen LogP contribution in [0.1, 0.15) is 12.8 Å². The summed E-state index contributed by atoms with van der Waals surface area (Å²) in [5.41, 5.74) is 2.15. The molecule has 232 valence electrons. The maximum absolute atomic E-state index is 13.1. The molecule has 1 fully saturated rings. The number of carbonyl (C=O) groups is 2. The summed E-state index contributed by atoms with van der Waals surface area (Å²) in [6.07, 6.45) is 2.88. The van der Waals surface area contributed by atoms with E-state index < -0.39 is 22.0 Å². The lowest BCUT2D eigenvalue weighted by Gasteiger charge is -2.36. The van der Waals surface area contributed by atoms with Crippen LogP contribution >= 0.6 is 0 Å². The Balaban J connectivity index is 0.000000557. The SMILES string of the molecule is COc1ccccc1N1CCN(CCCCNS(=O)(=O)c2cccc3c(N(C)C)cccc23)CC1.O=C(O)C=CC(=O)O. The van der Waals surface area contributed by atoms with Gasteiger partial charge in [-0.1, -0.05) is 36.4 Å². The van der Waals surface area contributed by atoms with Gasteiger partial charge in [-0.2, -0.15) is 0 Å². The van der Waals surface area contributed by atoms with Crippen LogP contribution in [0.3, 0.4) is 0 Å². The third kappa shape index (κ3) is 9.70. The van der Waals surface area contributed by atoms with Crippen molar-refractivity contribution in [1.82, 2.24) is 9.62 Å². The summed E-state index contributed by atoms with van der Waals surface area (Å²) < 4.78 is 34.4. The highest BCUT2D eigenvalue weighted by Crippen LogP contribution is 2.30. The van der Waals surface area contributed by atoms with E-state index in [9.17, 15) is 18.0 Å². The number of para-hydroxylation sites is 2. The molecule has 0 bridgehead atoms. The fraction of sp³-hybridized carbons (Fsp3) is 0.355. The lowest BCUT2D eigenvalue weighted by atomic mass is 10.1. The number of ether oxygens (including phenoxy) is 1. The second kappa shape index (κ2) is 15.9. The molecule has 43 heavy (non-hydrogen) atoms. The van der Waals surface area contributed by atoms with Crippen LogP contribution in [0.5, 0.6) is 5.75 Å². The molecule has 0 saturated carbocycles. The van der Waals surface area contributed by atoms with E-state index in [4.69, 9.17) is 14.9 Å². The summed E-state index contributed by atoms with van der Waals surface area (Å²) in [4.78, 5) is 26.3. The molecule has 0 atom stereocenters. The molecule has 1 heterocycles. The second-order valence-corrected chi connectivity index (χ2v) is 11.9. The van der Waals surface area contributed by atoms with E-state index in [1.807, 2.05) is 67.5 Å². The van der Waals surface area contributed by atoms with Crippen molar-refractivity contribution in [1.29, 1.82) is 0 Å². The molecule has 4 rings (SSSR count). The Morgan fingerprint density at radius 1 is 0.884 bits per heavy atom. The monoisotopic (exact) mass is 612 g/mol. The van der Waals surface area contributed by atoms with Crippen molar-refractivity contribution in [2.75, 3.05) is 70.3 Å². The zero-order valence-electron chi connectivity index (χ0n) is 24.8. The van der Waals surface area contributed by atoms with Crippen LogP contribution in [0.4, 0.5) is 11.4 Å². The van der Waals surface area contributed by atoms with Crippen LogP contribution < -0.4 is 19.3 Å². The van der Waals surface area contributed by atoms with Gasteiger partial charge < -0.3 is 24.7 Å². The lowest BCUT2D eigenvalue weighted by Crippen LogP contribution is -2.46. The molecule has 1 aliphatic heterocycles. The minimum absolute atomic E-state index is 0.339. The number of carboxylic acids is 2. The van der Waals surface area contributed by atoms with Gasteiger partial charge in [-0.15, -0.1) is 0 Å². The van der Waals surface area contributed by atoms with Crippen LogP contribution in [-0.4, -0.2) is 95.9 Å². The molecule has 1 aliphatic rings. The van der Waals surface area contributed by atoms with Crippen LogP contribution in [0.2, 0.25) is 0 Å². The minimum atomic E-state index is -3.58. The zero-order chi connectivity index (χ0) is 31.4. The minimum Gasteiger partial charge on any atom is -0.495 e. The molecule has 0 amide bonds. The van der Waals surface area contributed by atoms with Crippen molar-refractivity contribution >= 4 is 44.1 Å². The quantitative estimate of drug-likeness (QED) is 0.206. The number of anilines is 2. The van der Waals surface area contributed by atoms with Crippen molar-refractivity contribution in [3.63, 3.8) is 0 Å². The molecular formula is C31H40N4O7S. The maximum atomic E-state index is 13.1. The molecule has 3 aromatic rings. The first-order chi connectivity index (χ1) is 20.5. The Kier molecular flexibility index (Phi) is 12.4. The third-order valence-electron chi connectivity index (χ3n) is 6.99. The van der Waals surface area contributed by atoms with Gasteiger partial charge in [-0.3, -0.25) is 4.90 Å². The Labute approximate surface area is 253 Å². The maximum Gasteiger partial charge on any atom is 0.328 e. The van der Waals surface area contributed by atoms with E-state index in [2.05, 4.69) is 20.6 Å². The first kappa shape index (κ1) is 33.4. The van der Waals surface area contributed by atoms with Gasteiger partial charge in [0, 0.05) is 75.4 Å². The number of nitrogens with one attached hydrogen (secondary N) is 1. The number of hydrogen-bond acceptors (Lipinski definition) is 8. The fourth-order valence-corrected chi connectivity index (χ4v) is 6.17. The number of rotatable bonds is 12. The molecule has 1 saturated heterocycles. The van der Waals surface area contributed by atoms with Crippen molar-refractivity contribution in [3.8, 4) is 5.75 Å². The van der Waals surface area contributed by atoms with Crippen LogP contribution in [0, 0.1) is 0 Å². The Bertz CT molecular complexity index is 1500. The van der Waals surface area contributed by atoms with Gasteiger partial charge in [-0.25, -0.2) is 22.7 Å². The van der Waals surface area contributed by atoms with E-state index in [1.54, 1.807) is 13.2 Å². The predicted molar refractivity (Wildman–Crippen MR) is 169 cm³/mol. The largest absolute Gasteiger partial charge is 0.495 e. The molecule has 0 aliphatic carbocycles. The molecule has 12 heteroatoms. The molecule has 3 N–H and O–H groups in total. The number of sulfonamides is 1. The predicted octanol–water partition coefficient (Wildman–Crippen LogP) is 3.51. The summed E-state index contributed by atoms with van der Waals surface area (Å²) in [5.74, 6) is -1.60. The number of fused-ring (bicyclic) bond motifs is 1. The van der Waals surface area contributed by atoms with E-state index in [0.29, 0.717) is 23.6 Å². The summed E-state index contributed by atoms with van der Waals surface area (Å²) in [6.45, 7) is 5.32. The Morgan fingerprint density at radius 2 is 1.51 bits per heavy atom. The van der Waals surface area contributed by atoms with E-state index in [-0.39, 0.29) is 0 Å². The third-order valence-corrected chi connectivity index (χ3v) is 8.51. The van der Waals surface area contributed by atoms with Gasteiger partial charge in [0.1, 0.15) is 5.75 Å². The fourth-order valence-electron chi connectivity index (χ4n) is 4.88. The Hall–Kier alpha value is -4.13. The van der Waals surface area contributed by atoms with Crippen LogP contribution in [-0.2, 0) is 19.6 Å². The topological polar surface area (TPSA) is 140 Å². The van der Waals surface area contributed by atoms with Crippen molar-refractivity contribution in [3.05, 3.63) is 72.8 Å². The average Bonchev–Trinajstić information content (AvgIpc) is 2.99. The first-order valence-electron chi connectivity index (χ1n) is 14.0. The molecule has 3 aromatic carbocycles. The standard InChI is InChI=1S/C27H36N4O3S.C4H4O4/c1-29(2)24-13-8-11-23-22(24)10-9-15-27(23)35(32,33)28-16-6-7-17-30-18-20-31(21-19-30)25-12-4-5-14-26(25)34-3;5-3(6)1-2-4(7)8/h4-5,8-15,28H,6-7,16-21H2,1-3H3;1-2H,(H,5,6)(H,7,8). The highest BCUT2D eigenvalue weighted by molar-refractivity contribution is 7.89. The van der Waals surface area contributed by atoms with Crippen LogP contribution in [0.25, 0.3) is 10.8 Å². The Morgan fingerprint density at radius 3 is 2.14 bits per heavy atom. The molecule has 0 unspecified atom stereocenters. The van der Waals surface area contributed by atoms with E-state index >= 15 is 0 Å². The van der Waals surface area contributed by atoms with E-state index in [1.165, 1.54) is 0 Å². The number of nitrogens with zero attached hydrogens (tertiary/aromatic N) is 3. The lowest BCUT2D eigenvalue weighted by molar-refractivity contribution is -0.134. The number of unbranched alkanes of at least 4 members (excludes halogenated alkanes) is 1. The van der Waals surface area contributed by atoms with Gasteiger partial charge in [-0.05, 0) is 43.7 Å². The molecule has 0 radical (unpaired) electrons. The van der Waals surface area contributed by atoms with Gasteiger partial charge in [0.2, 0.25) is 10.0 Å². The van der Waals surface area contributed by atoms with Gasteiger partial charge in [0.25, 0.3) is 0 Å². The van der Waals surface area contributed by atoms with Crippen molar-refractivity contribution in [2.45, 2.75) is 17.7 Å². The summed E-state index contributed by atoms with van der Waals surface area (Å²) in [7, 11) is 2.06. The number of piperazine rings is 1. The van der Waals surface area contributed by atoms with Gasteiger partial charge in [0.05, 0.1) is 17.7 Å². The second-order valence-electron chi connectivity index (χ2n) is 10.1. The summed E-state index contributed by atoms with van der Waals surface area (Å²) >= 11 is 0. The van der Waals surface area contributed by atoms with Gasteiger partial charge >= 0.3 is 11.9 Å². The summed E-state index contributed by atoms with van der Waals surface area (Å²) in [5, 5.41) is 17.3. The smallest absolute Gasteiger partial charge is 0.328 e.